The van der Waals surface area contributed by atoms with Crippen molar-refractivity contribution in [3.05, 3.63) is 42.2 Å². The molecule has 0 amide bonds. The first-order valence-electron chi connectivity index (χ1n) is 6.35. The molecule has 0 saturated carbocycles. The fourth-order valence-corrected chi connectivity index (χ4v) is 1.84. The van der Waals surface area contributed by atoms with Gasteiger partial charge < -0.3 is 5.32 Å². The van der Waals surface area contributed by atoms with Gasteiger partial charge in [0.1, 0.15) is 6.54 Å². The van der Waals surface area contributed by atoms with Crippen LogP contribution in [-0.2, 0) is 6.42 Å². The van der Waals surface area contributed by atoms with Gasteiger partial charge in [-0.25, -0.2) is 9.97 Å². The highest BCUT2D eigenvalue weighted by molar-refractivity contribution is 5.62. The largest absolute Gasteiger partial charge is 0.341 e. The minimum atomic E-state index is 0.213. The molecule has 1 N–H and O–H groups in total. The highest BCUT2D eigenvalue weighted by Crippen LogP contribution is 2.19. The molecule has 0 saturated heterocycles. The molecule has 0 radical (unpaired) electrons. The molecule has 0 aliphatic carbocycles. The van der Waals surface area contributed by atoms with Crippen LogP contribution in [0, 0.1) is 11.3 Å². The summed E-state index contributed by atoms with van der Waals surface area (Å²) in [6, 6.07) is 10.4. The van der Waals surface area contributed by atoms with Crippen LogP contribution in [0.3, 0.4) is 0 Å². The number of aryl methyl sites for hydroxylation is 1. The molecular formula is C15H16N4. The third-order valence-electron chi connectivity index (χ3n) is 2.80. The molecule has 0 spiro atoms. The minimum absolute atomic E-state index is 0.213. The van der Waals surface area contributed by atoms with Crippen molar-refractivity contribution < 1.29 is 0 Å². The Morgan fingerprint density at radius 3 is 2.37 bits per heavy atom. The van der Waals surface area contributed by atoms with Gasteiger partial charge in [-0.05, 0) is 17.5 Å². The van der Waals surface area contributed by atoms with E-state index in [4.69, 9.17) is 5.26 Å². The molecule has 1 heterocycles. The van der Waals surface area contributed by atoms with Gasteiger partial charge >= 0.3 is 0 Å². The first-order valence-corrected chi connectivity index (χ1v) is 6.35. The van der Waals surface area contributed by atoms with Crippen LogP contribution < -0.4 is 5.32 Å². The predicted molar refractivity (Wildman–Crippen MR) is 75.6 cm³/mol. The summed E-state index contributed by atoms with van der Waals surface area (Å²) in [6.07, 6.45) is 5.79. The van der Waals surface area contributed by atoms with Crippen molar-refractivity contribution in [3.8, 4) is 17.2 Å². The van der Waals surface area contributed by atoms with Crippen LogP contribution in [-0.4, -0.2) is 16.5 Å². The molecule has 0 aliphatic heterocycles. The van der Waals surface area contributed by atoms with Crippen molar-refractivity contribution in [1.82, 2.24) is 9.97 Å². The molecule has 0 aliphatic rings. The predicted octanol–water partition coefficient (Wildman–Crippen LogP) is 3.03. The Bertz CT molecular complexity index is 552. The summed E-state index contributed by atoms with van der Waals surface area (Å²) in [5.74, 6) is 0.480. The van der Waals surface area contributed by atoms with Crippen LogP contribution in [0.25, 0.3) is 11.1 Å². The van der Waals surface area contributed by atoms with Gasteiger partial charge in [-0.1, -0.05) is 37.6 Å². The Balaban J connectivity index is 2.11. The lowest BCUT2D eigenvalue weighted by Gasteiger charge is -2.04. The number of nitriles is 1. The molecular weight excluding hydrogens is 236 g/mol. The summed E-state index contributed by atoms with van der Waals surface area (Å²) in [4.78, 5) is 8.36. The maximum Gasteiger partial charge on any atom is 0.223 e. The Labute approximate surface area is 113 Å². The van der Waals surface area contributed by atoms with E-state index in [0.29, 0.717) is 5.95 Å². The fourth-order valence-electron chi connectivity index (χ4n) is 1.84. The van der Waals surface area contributed by atoms with Gasteiger partial charge in [0.2, 0.25) is 5.95 Å². The average Bonchev–Trinajstić information content (AvgIpc) is 2.47. The van der Waals surface area contributed by atoms with E-state index in [1.807, 2.05) is 6.07 Å². The summed E-state index contributed by atoms with van der Waals surface area (Å²) in [6.45, 7) is 2.39. The third-order valence-corrected chi connectivity index (χ3v) is 2.80. The van der Waals surface area contributed by atoms with Gasteiger partial charge in [-0.3, -0.25) is 0 Å². The Kier molecular flexibility index (Phi) is 4.46. The zero-order valence-electron chi connectivity index (χ0n) is 10.9. The molecule has 4 nitrogen and oxygen atoms in total. The maximum absolute atomic E-state index is 8.46. The molecule has 2 rings (SSSR count). The molecule has 0 atom stereocenters. The highest BCUT2D eigenvalue weighted by Gasteiger charge is 2.00. The van der Waals surface area contributed by atoms with E-state index in [2.05, 4.69) is 46.5 Å². The number of benzene rings is 1. The number of anilines is 1. The molecule has 0 fully saturated rings. The molecule has 4 heteroatoms. The SMILES string of the molecule is CCCc1ccc(-c2cnc(NCC#N)nc2)cc1. The van der Waals surface area contributed by atoms with Crippen molar-refractivity contribution in [2.24, 2.45) is 0 Å². The lowest BCUT2D eigenvalue weighted by Crippen LogP contribution is -2.02. The van der Waals surface area contributed by atoms with E-state index in [9.17, 15) is 0 Å². The first kappa shape index (κ1) is 13.0. The van der Waals surface area contributed by atoms with Crippen molar-refractivity contribution in [2.45, 2.75) is 19.8 Å². The zero-order valence-corrected chi connectivity index (χ0v) is 10.9. The zero-order chi connectivity index (χ0) is 13.5. The molecule has 96 valence electrons. The van der Waals surface area contributed by atoms with Gasteiger partial charge in [0.05, 0.1) is 6.07 Å². The van der Waals surface area contributed by atoms with Crippen LogP contribution in [0.2, 0.25) is 0 Å². The van der Waals surface area contributed by atoms with Gasteiger partial charge in [-0.15, -0.1) is 0 Å². The number of hydrogen-bond donors (Lipinski definition) is 1. The number of hydrogen-bond acceptors (Lipinski definition) is 4. The second-order valence-electron chi connectivity index (χ2n) is 4.25. The second kappa shape index (κ2) is 6.50. The van der Waals surface area contributed by atoms with Crippen LogP contribution in [0.1, 0.15) is 18.9 Å². The van der Waals surface area contributed by atoms with E-state index in [1.54, 1.807) is 12.4 Å². The number of rotatable bonds is 5. The molecule has 0 unspecified atom stereocenters. The summed E-state index contributed by atoms with van der Waals surface area (Å²) >= 11 is 0. The summed E-state index contributed by atoms with van der Waals surface area (Å²) in [7, 11) is 0. The standard InChI is InChI=1S/C15H16N4/c1-2-3-12-4-6-13(7-5-12)14-10-18-15(19-11-14)17-9-8-16/h4-7,10-11H,2-3,9H2,1H3,(H,17,18,19). The lowest BCUT2D eigenvalue weighted by atomic mass is 10.0. The van der Waals surface area contributed by atoms with Gasteiger partial charge in [0.15, 0.2) is 0 Å². The van der Waals surface area contributed by atoms with Crippen LogP contribution in [0.4, 0.5) is 5.95 Å². The van der Waals surface area contributed by atoms with Crippen molar-refractivity contribution >= 4 is 5.95 Å². The third kappa shape index (κ3) is 3.52. The normalized spacial score (nSPS) is 9.89. The Morgan fingerprint density at radius 1 is 1.11 bits per heavy atom. The maximum atomic E-state index is 8.46. The number of aromatic nitrogens is 2. The first-order chi connectivity index (χ1) is 9.33. The lowest BCUT2D eigenvalue weighted by molar-refractivity contribution is 0.922. The summed E-state index contributed by atoms with van der Waals surface area (Å²) in [5.41, 5.74) is 3.43. The van der Waals surface area contributed by atoms with Crippen molar-refractivity contribution in [2.75, 3.05) is 11.9 Å². The van der Waals surface area contributed by atoms with Gasteiger partial charge in [0, 0.05) is 18.0 Å². The quantitative estimate of drug-likeness (QED) is 0.831. The van der Waals surface area contributed by atoms with E-state index < -0.39 is 0 Å². The second-order valence-corrected chi connectivity index (χ2v) is 4.25. The van der Waals surface area contributed by atoms with Gasteiger partial charge in [-0.2, -0.15) is 5.26 Å². The summed E-state index contributed by atoms with van der Waals surface area (Å²) in [5, 5.41) is 11.3. The Morgan fingerprint density at radius 2 is 1.79 bits per heavy atom. The van der Waals surface area contributed by atoms with E-state index in [-0.39, 0.29) is 6.54 Å². The van der Waals surface area contributed by atoms with Crippen LogP contribution in [0.5, 0.6) is 0 Å². The highest BCUT2D eigenvalue weighted by atomic mass is 15.1. The van der Waals surface area contributed by atoms with E-state index in [0.717, 1.165) is 24.0 Å². The smallest absolute Gasteiger partial charge is 0.223 e. The summed E-state index contributed by atoms with van der Waals surface area (Å²) < 4.78 is 0. The molecule has 2 aromatic rings. The molecule has 0 bridgehead atoms. The van der Waals surface area contributed by atoms with E-state index in [1.165, 1.54) is 5.56 Å². The van der Waals surface area contributed by atoms with E-state index >= 15 is 0 Å². The van der Waals surface area contributed by atoms with Crippen molar-refractivity contribution in [1.29, 1.82) is 5.26 Å². The van der Waals surface area contributed by atoms with Crippen LogP contribution in [0.15, 0.2) is 36.7 Å². The Hall–Kier alpha value is -2.41. The van der Waals surface area contributed by atoms with Crippen molar-refractivity contribution in [3.63, 3.8) is 0 Å². The monoisotopic (exact) mass is 252 g/mol. The minimum Gasteiger partial charge on any atom is -0.341 e. The fraction of sp³-hybridized carbons (Fsp3) is 0.267. The number of nitrogens with one attached hydrogen (secondary N) is 1. The topological polar surface area (TPSA) is 61.6 Å². The molecule has 1 aromatic heterocycles. The average molecular weight is 252 g/mol. The van der Waals surface area contributed by atoms with Crippen LogP contribution >= 0.6 is 0 Å². The molecule has 19 heavy (non-hydrogen) atoms. The van der Waals surface area contributed by atoms with Gasteiger partial charge in [0.25, 0.3) is 0 Å². The number of nitrogens with zero attached hydrogens (tertiary/aromatic N) is 3. The molecule has 1 aromatic carbocycles.